The Hall–Kier alpha value is -1.65. The predicted octanol–water partition coefficient (Wildman–Crippen LogP) is 3.82. The molecule has 0 aliphatic rings. The van der Waals surface area contributed by atoms with Crippen LogP contribution in [0.15, 0.2) is 60.7 Å². The third kappa shape index (κ3) is 3.96. The molecule has 0 saturated heterocycles. The van der Waals surface area contributed by atoms with Crippen molar-refractivity contribution >= 4 is 10.0 Å². The summed E-state index contributed by atoms with van der Waals surface area (Å²) in [6.45, 7) is 5.99. The quantitative estimate of drug-likeness (QED) is 0.841. The van der Waals surface area contributed by atoms with Gasteiger partial charge in [0.15, 0.2) is 0 Å². The van der Waals surface area contributed by atoms with Crippen LogP contribution in [0, 0.1) is 0 Å². The Morgan fingerprint density at radius 2 is 1.14 bits per heavy atom. The van der Waals surface area contributed by atoms with E-state index < -0.39 is 14.8 Å². The normalized spacial score (nSPS) is 12.5. The lowest BCUT2D eigenvalue weighted by Gasteiger charge is -2.30. The van der Waals surface area contributed by atoms with Gasteiger partial charge in [0, 0.05) is 13.1 Å². The van der Waals surface area contributed by atoms with Crippen LogP contribution >= 0.6 is 0 Å². The Morgan fingerprint density at radius 3 is 1.45 bits per heavy atom. The molecule has 2 aromatic carbocycles. The van der Waals surface area contributed by atoms with Crippen LogP contribution in [-0.2, 0) is 23.1 Å². The molecule has 0 saturated carbocycles. The zero-order chi connectivity index (χ0) is 16.2. The molecule has 4 heteroatoms. The van der Waals surface area contributed by atoms with E-state index in [0.717, 1.165) is 11.1 Å². The molecule has 0 amide bonds. The second kappa shape index (κ2) is 6.63. The number of rotatable bonds is 5. The fourth-order valence-corrected chi connectivity index (χ4v) is 3.60. The molecule has 0 bridgehead atoms. The zero-order valence-corrected chi connectivity index (χ0v) is 14.2. The van der Waals surface area contributed by atoms with Crippen LogP contribution in [0.4, 0.5) is 0 Å². The van der Waals surface area contributed by atoms with Gasteiger partial charge in [-0.3, -0.25) is 0 Å². The Bertz CT molecular complexity index is 647. The van der Waals surface area contributed by atoms with E-state index in [1.165, 1.54) is 0 Å². The van der Waals surface area contributed by atoms with Crippen molar-refractivity contribution in [1.29, 1.82) is 0 Å². The van der Waals surface area contributed by atoms with Crippen molar-refractivity contribution in [3.8, 4) is 0 Å². The predicted molar refractivity (Wildman–Crippen MR) is 90.8 cm³/mol. The molecule has 2 rings (SSSR count). The third-order valence-electron chi connectivity index (χ3n) is 3.52. The number of hydrogen-bond donors (Lipinski definition) is 0. The molecule has 3 nitrogen and oxygen atoms in total. The average molecular weight is 317 g/mol. The van der Waals surface area contributed by atoms with Crippen molar-refractivity contribution in [2.45, 2.75) is 38.6 Å². The molecule has 0 aromatic heterocycles. The van der Waals surface area contributed by atoms with Gasteiger partial charge in [-0.1, -0.05) is 60.7 Å². The third-order valence-corrected chi connectivity index (χ3v) is 6.00. The summed E-state index contributed by atoms with van der Waals surface area (Å²) in [6, 6.07) is 19.4. The molecule has 0 radical (unpaired) electrons. The van der Waals surface area contributed by atoms with Gasteiger partial charge >= 0.3 is 0 Å². The second-order valence-electron chi connectivity index (χ2n) is 6.36. The molecular formula is C18H23NO2S. The van der Waals surface area contributed by atoms with E-state index in [2.05, 4.69) is 0 Å². The summed E-state index contributed by atoms with van der Waals surface area (Å²) >= 11 is 0. The van der Waals surface area contributed by atoms with E-state index in [4.69, 9.17) is 0 Å². The Kier molecular flexibility index (Phi) is 5.04. The Labute approximate surface area is 133 Å². The van der Waals surface area contributed by atoms with Crippen molar-refractivity contribution < 1.29 is 8.42 Å². The highest BCUT2D eigenvalue weighted by atomic mass is 32.2. The van der Waals surface area contributed by atoms with Crippen LogP contribution in [-0.4, -0.2) is 17.5 Å². The SMILES string of the molecule is CC(C)(C)S(=O)(=O)N(Cc1ccccc1)Cc1ccccc1. The van der Waals surface area contributed by atoms with Crippen molar-refractivity contribution in [1.82, 2.24) is 4.31 Å². The van der Waals surface area contributed by atoms with Crippen molar-refractivity contribution in [2.24, 2.45) is 0 Å². The topological polar surface area (TPSA) is 37.4 Å². The van der Waals surface area contributed by atoms with Gasteiger partial charge in [-0.15, -0.1) is 0 Å². The van der Waals surface area contributed by atoms with Gasteiger partial charge in [-0.25, -0.2) is 8.42 Å². The standard InChI is InChI=1S/C18H23NO2S/c1-18(2,3)22(20,21)19(14-16-10-6-4-7-11-16)15-17-12-8-5-9-13-17/h4-13H,14-15H2,1-3H3. The van der Waals surface area contributed by atoms with Gasteiger partial charge < -0.3 is 0 Å². The number of hydrogen-bond acceptors (Lipinski definition) is 2. The highest BCUT2D eigenvalue weighted by Crippen LogP contribution is 2.24. The number of benzene rings is 2. The van der Waals surface area contributed by atoms with E-state index in [0.29, 0.717) is 13.1 Å². The average Bonchev–Trinajstić information content (AvgIpc) is 2.47. The summed E-state index contributed by atoms with van der Waals surface area (Å²) in [5.41, 5.74) is 1.98. The van der Waals surface area contributed by atoms with E-state index in [9.17, 15) is 8.42 Å². The number of sulfonamides is 1. The lowest BCUT2D eigenvalue weighted by Crippen LogP contribution is -2.42. The van der Waals surface area contributed by atoms with Crippen LogP contribution in [0.25, 0.3) is 0 Å². The first-order chi connectivity index (χ1) is 10.3. The lowest BCUT2D eigenvalue weighted by atomic mass is 10.2. The maximum atomic E-state index is 12.9. The fourth-order valence-electron chi connectivity index (χ4n) is 2.19. The van der Waals surface area contributed by atoms with E-state index in [1.54, 1.807) is 25.1 Å². The molecule has 22 heavy (non-hydrogen) atoms. The van der Waals surface area contributed by atoms with Crippen molar-refractivity contribution in [3.63, 3.8) is 0 Å². The maximum absolute atomic E-state index is 12.9. The van der Waals surface area contributed by atoms with Gasteiger partial charge in [-0.05, 0) is 31.9 Å². The highest BCUT2D eigenvalue weighted by molar-refractivity contribution is 7.90. The second-order valence-corrected chi connectivity index (χ2v) is 9.05. The molecule has 0 atom stereocenters. The minimum Gasteiger partial charge on any atom is -0.212 e. The molecule has 0 unspecified atom stereocenters. The smallest absolute Gasteiger partial charge is 0.212 e. The molecule has 0 spiro atoms. The summed E-state index contributed by atoms with van der Waals surface area (Å²) in [5, 5.41) is 0. The first kappa shape index (κ1) is 16.7. The zero-order valence-electron chi connectivity index (χ0n) is 13.4. The van der Waals surface area contributed by atoms with Gasteiger partial charge in [-0.2, -0.15) is 4.31 Å². The molecule has 0 fully saturated rings. The Balaban J connectivity index is 2.33. The monoisotopic (exact) mass is 317 g/mol. The Morgan fingerprint density at radius 1 is 0.773 bits per heavy atom. The molecule has 0 N–H and O–H groups in total. The van der Waals surface area contributed by atoms with E-state index >= 15 is 0 Å². The highest BCUT2D eigenvalue weighted by Gasteiger charge is 2.35. The fraction of sp³-hybridized carbons (Fsp3) is 0.333. The van der Waals surface area contributed by atoms with Crippen LogP contribution in [0.5, 0.6) is 0 Å². The van der Waals surface area contributed by atoms with Crippen LogP contribution < -0.4 is 0 Å². The summed E-state index contributed by atoms with van der Waals surface area (Å²) in [5.74, 6) is 0. The van der Waals surface area contributed by atoms with Crippen LogP contribution in [0.1, 0.15) is 31.9 Å². The summed E-state index contributed by atoms with van der Waals surface area (Å²) in [4.78, 5) is 0. The van der Waals surface area contributed by atoms with Gasteiger partial charge in [0.2, 0.25) is 10.0 Å². The van der Waals surface area contributed by atoms with Crippen LogP contribution in [0.3, 0.4) is 0 Å². The van der Waals surface area contributed by atoms with Crippen molar-refractivity contribution in [2.75, 3.05) is 0 Å². The van der Waals surface area contributed by atoms with Gasteiger partial charge in [0.25, 0.3) is 0 Å². The molecule has 0 aliphatic carbocycles. The summed E-state index contributed by atoms with van der Waals surface area (Å²) in [6.07, 6.45) is 0. The number of nitrogens with zero attached hydrogens (tertiary/aromatic N) is 1. The van der Waals surface area contributed by atoms with Gasteiger partial charge in [0.1, 0.15) is 0 Å². The van der Waals surface area contributed by atoms with E-state index in [-0.39, 0.29) is 0 Å². The molecule has 2 aromatic rings. The molecule has 118 valence electrons. The first-order valence-corrected chi connectivity index (χ1v) is 8.82. The van der Waals surface area contributed by atoms with Gasteiger partial charge in [0.05, 0.1) is 4.75 Å². The largest absolute Gasteiger partial charge is 0.219 e. The molecule has 0 heterocycles. The lowest BCUT2D eigenvalue weighted by molar-refractivity contribution is 0.384. The summed E-state index contributed by atoms with van der Waals surface area (Å²) in [7, 11) is -3.40. The first-order valence-electron chi connectivity index (χ1n) is 7.38. The maximum Gasteiger partial charge on any atom is 0.219 e. The van der Waals surface area contributed by atoms with Crippen molar-refractivity contribution in [3.05, 3.63) is 71.8 Å². The minimum atomic E-state index is -3.40. The minimum absolute atomic E-state index is 0.384. The van der Waals surface area contributed by atoms with E-state index in [1.807, 2.05) is 60.7 Å². The molecule has 0 aliphatic heterocycles. The summed E-state index contributed by atoms with van der Waals surface area (Å²) < 4.78 is 26.5. The molecular weight excluding hydrogens is 294 g/mol. The van der Waals surface area contributed by atoms with Crippen LogP contribution in [0.2, 0.25) is 0 Å².